The Morgan fingerprint density at radius 3 is 2.33 bits per heavy atom. The molecule has 3 nitrogen and oxygen atoms in total. The van der Waals surface area contributed by atoms with Crippen LogP contribution >= 0.6 is 0 Å². The van der Waals surface area contributed by atoms with Crippen LogP contribution in [0.25, 0.3) is 0 Å². The molecular formula is C9H13F3N2O. The zero-order valence-electron chi connectivity index (χ0n) is 8.76. The highest BCUT2D eigenvalue weighted by molar-refractivity contribution is 5.21. The summed E-state index contributed by atoms with van der Waals surface area (Å²) in [7, 11) is 1.42. The predicted molar refractivity (Wildman–Crippen MR) is 48.2 cm³/mol. The van der Waals surface area contributed by atoms with Gasteiger partial charge in [0.2, 0.25) is 0 Å². The minimum atomic E-state index is -4.47. The van der Waals surface area contributed by atoms with E-state index >= 15 is 0 Å². The van der Waals surface area contributed by atoms with Crippen LogP contribution in [0.2, 0.25) is 0 Å². The fourth-order valence-electron chi connectivity index (χ4n) is 1.37. The lowest BCUT2D eigenvalue weighted by atomic mass is 9.99. The monoisotopic (exact) mass is 222 g/mol. The lowest BCUT2D eigenvalue weighted by molar-refractivity contribution is -0.142. The van der Waals surface area contributed by atoms with E-state index < -0.39 is 17.5 Å². The van der Waals surface area contributed by atoms with Crippen LogP contribution in [0.4, 0.5) is 13.2 Å². The molecule has 1 N–H and O–H groups in total. The topological polar surface area (TPSA) is 38.0 Å². The molecule has 0 radical (unpaired) electrons. The minimum Gasteiger partial charge on any atom is -0.390 e. The third kappa shape index (κ3) is 3.23. The molecule has 0 aliphatic carbocycles. The minimum absolute atomic E-state index is 0.0116. The van der Waals surface area contributed by atoms with Gasteiger partial charge in [0.25, 0.3) is 0 Å². The van der Waals surface area contributed by atoms with Gasteiger partial charge in [-0.1, -0.05) is 0 Å². The van der Waals surface area contributed by atoms with Gasteiger partial charge in [-0.15, -0.1) is 0 Å². The van der Waals surface area contributed by atoms with Crippen molar-refractivity contribution in [2.45, 2.75) is 32.0 Å². The highest BCUT2D eigenvalue weighted by atomic mass is 19.4. The number of aryl methyl sites for hydroxylation is 1. The highest BCUT2D eigenvalue weighted by Crippen LogP contribution is 2.31. The summed E-state index contributed by atoms with van der Waals surface area (Å²) in [6.07, 6.45) is -3.27. The van der Waals surface area contributed by atoms with Gasteiger partial charge in [0.05, 0.1) is 5.60 Å². The summed E-state index contributed by atoms with van der Waals surface area (Å²) in [4.78, 5) is 0. The molecule has 0 amide bonds. The summed E-state index contributed by atoms with van der Waals surface area (Å²) in [5, 5.41) is 12.8. The molecule has 1 aromatic rings. The van der Waals surface area contributed by atoms with Crippen molar-refractivity contribution in [2.75, 3.05) is 0 Å². The Kier molecular flexibility index (Phi) is 2.82. The molecule has 86 valence electrons. The van der Waals surface area contributed by atoms with Gasteiger partial charge >= 0.3 is 6.18 Å². The molecule has 0 unspecified atom stereocenters. The normalized spacial score (nSPS) is 13.3. The largest absolute Gasteiger partial charge is 0.435 e. The third-order valence-electron chi connectivity index (χ3n) is 1.80. The molecule has 0 bridgehead atoms. The van der Waals surface area contributed by atoms with Crippen LogP contribution in [0.1, 0.15) is 25.1 Å². The summed E-state index contributed by atoms with van der Waals surface area (Å²) < 4.78 is 38.5. The average molecular weight is 222 g/mol. The highest BCUT2D eigenvalue weighted by Gasteiger charge is 2.37. The van der Waals surface area contributed by atoms with Crippen LogP contribution < -0.4 is 0 Å². The first kappa shape index (κ1) is 12.0. The van der Waals surface area contributed by atoms with E-state index in [1.165, 1.54) is 27.1 Å². The number of aliphatic hydroxyl groups is 1. The van der Waals surface area contributed by atoms with Crippen LogP contribution in [0.5, 0.6) is 0 Å². The van der Waals surface area contributed by atoms with Crippen LogP contribution in [0.15, 0.2) is 6.20 Å². The van der Waals surface area contributed by atoms with Crippen molar-refractivity contribution in [2.24, 2.45) is 7.05 Å². The first-order chi connectivity index (χ1) is 6.59. The second kappa shape index (κ2) is 3.52. The van der Waals surface area contributed by atoms with Gasteiger partial charge in [-0.25, -0.2) is 0 Å². The summed E-state index contributed by atoms with van der Waals surface area (Å²) >= 11 is 0. The predicted octanol–water partition coefficient (Wildman–Crippen LogP) is 1.75. The Balaban J connectivity index is 3.08. The molecule has 0 atom stereocenters. The van der Waals surface area contributed by atoms with Gasteiger partial charge in [-0.05, 0) is 13.8 Å². The molecule has 1 heterocycles. The van der Waals surface area contributed by atoms with Gasteiger partial charge < -0.3 is 5.11 Å². The van der Waals surface area contributed by atoms with Crippen LogP contribution in [0.3, 0.4) is 0 Å². The van der Waals surface area contributed by atoms with Gasteiger partial charge in [0, 0.05) is 25.2 Å². The van der Waals surface area contributed by atoms with Gasteiger partial charge in [0.15, 0.2) is 5.69 Å². The number of nitrogens with zero attached hydrogens (tertiary/aromatic N) is 2. The van der Waals surface area contributed by atoms with Crippen molar-refractivity contribution >= 4 is 0 Å². The van der Waals surface area contributed by atoms with E-state index in [0.29, 0.717) is 0 Å². The second-order valence-corrected chi connectivity index (χ2v) is 4.16. The van der Waals surface area contributed by atoms with E-state index in [4.69, 9.17) is 0 Å². The van der Waals surface area contributed by atoms with E-state index in [0.717, 1.165) is 4.68 Å². The number of hydrogen-bond donors (Lipinski definition) is 1. The molecular weight excluding hydrogens is 209 g/mol. The average Bonchev–Trinajstić information content (AvgIpc) is 2.25. The Hall–Kier alpha value is -1.04. The molecule has 0 saturated heterocycles. The van der Waals surface area contributed by atoms with E-state index in [-0.39, 0.29) is 12.0 Å². The van der Waals surface area contributed by atoms with Crippen molar-refractivity contribution < 1.29 is 18.3 Å². The van der Waals surface area contributed by atoms with Gasteiger partial charge in [-0.3, -0.25) is 4.68 Å². The number of alkyl halides is 3. The number of aromatic nitrogens is 2. The van der Waals surface area contributed by atoms with Crippen LogP contribution in [0, 0.1) is 0 Å². The fourth-order valence-corrected chi connectivity index (χ4v) is 1.37. The maximum atomic E-state index is 12.5. The maximum absolute atomic E-state index is 12.5. The van der Waals surface area contributed by atoms with E-state index in [1.54, 1.807) is 0 Å². The van der Waals surface area contributed by atoms with E-state index in [1.807, 2.05) is 0 Å². The maximum Gasteiger partial charge on any atom is 0.435 e. The standard InChI is InChI=1S/C9H13F3N2O/c1-8(2,15)4-6-5-14(3)13-7(6)9(10,11)12/h5,15H,4H2,1-3H3. The molecule has 1 rings (SSSR count). The third-order valence-corrected chi connectivity index (χ3v) is 1.80. The zero-order chi connectivity index (χ0) is 11.9. The van der Waals surface area contributed by atoms with Crippen LogP contribution in [-0.2, 0) is 19.6 Å². The molecule has 0 spiro atoms. The summed E-state index contributed by atoms with van der Waals surface area (Å²) in [5.41, 5.74) is -2.09. The smallest absolute Gasteiger partial charge is 0.390 e. The van der Waals surface area contributed by atoms with Crippen molar-refractivity contribution in [3.63, 3.8) is 0 Å². The van der Waals surface area contributed by atoms with E-state index in [2.05, 4.69) is 5.10 Å². The molecule has 1 aromatic heterocycles. The second-order valence-electron chi connectivity index (χ2n) is 4.16. The summed E-state index contributed by atoms with van der Waals surface area (Å²) in [5.74, 6) is 0. The Bertz CT molecular complexity index is 349. The van der Waals surface area contributed by atoms with Crippen molar-refractivity contribution in [3.8, 4) is 0 Å². The van der Waals surface area contributed by atoms with Crippen LogP contribution in [-0.4, -0.2) is 20.5 Å². The Morgan fingerprint density at radius 1 is 1.40 bits per heavy atom. The molecule has 0 aliphatic rings. The summed E-state index contributed by atoms with van der Waals surface area (Å²) in [6, 6.07) is 0. The summed E-state index contributed by atoms with van der Waals surface area (Å²) in [6.45, 7) is 2.92. The van der Waals surface area contributed by atoms with E-state index in [9.17, 15) is 18.3 Å². The van der Waals surface area contributed by atoms with Crippen molar-refractivity contribution in [1.29, 1.82) is 0 Å². The van der Waals surface area contributed by atoms with Crippen molar-refractivity contribution in [1.82, 2.24) is 9.78 Å². The lowest BCUT2D eigenvalue weighted by Crippen LogP contribution is -2.23. The Labute approximate surface area is 85.5 Å². The quantitative estimate of drug-likeness (QED) is 0.827. The SMILES string of the molecule is Cn1cc(CC(C)(C)O)c(C(F)(F)F)n1. The first-order valence-electron chi connectivity index (χ1n) is 4.42. The number of rotatable bonds is 2. The lowest BCUT2D eigenvalue weighted by Gasteiger charge is -2.16. The van der Waals surface area contributed by atoms with Crippen molar-refractivity contribution in [3.05, 3.63) is 17.5 Å². The fraction of sp³-hybridized carbons (Fsp3) is 0.667. The number of halogens is 3. The molecule has 15 heavy (non-hydrogen) atoms. The molecule has 0 fully saturated rings. The molecule has 0 aliphatic heterocycles. The van der Waals surface area contributed by atoms with Gasteiger partial charge in [-0.2, -0.15) is 18.3 Å². The molecule has 6 heteroatoms. The first-order valence-corrected chi connectivity index (χ1v) is 4.42. The molecule has 0 aromatic carbocycles. The molecule has 0 saturated carbocycles. The Morgan fingerprint density at radius 2 is 1.93 bits per heavy atom. The van der Waals surface area contributed by atoms with Gasteiger partial charge in [0.1, 0.15) is 0 Å². The zero-order valence-corrected chi connectivity index (χ0v) is 8.76. The number of hydrogen-bond acceptors (Lipinski definition) is 2.